The van der Waals surface area contributed by atoms with Gasteiger partial charge in [0.15, 0.2) is 5.69 Å². The van der Waals surface area contributed by atoms with Crippen LogP contribution < -0.4 is 5.32 Å². The number of hydrogen-bond acceptors (Lipinski definition) is 3. The lowest BCUT2D eigenvalue weighted by Gasteiger charge is -2.24. The fraction of sp³-hybridized carbons (Fsp3) is 0.727. The number of nitrogens with zero attached hydrogens (tertiary/aromatic N) is 2. The van der Waals surface area contributed by atoms with E-state index in [1.165, 1.54) is 6.20 Å². The number of amides is 1. The fourth-order valence-corrected chi connectivity index (χ4v) is 1.85. The van der Waals surface area contributed by atoms with Crippen LogP contribution in [0.1, 0.15) is 38.2 Å². The number of nitrogens with one attached hydrogen (secondary N) is 2. The second-order valence-electron chi connectivity index (χ2n) is 4.72. The normalized spacial score (nSPS) is 11.4. The second-order valence-corrected chi connectivity index (χ2v) is 4.72. The maximum absolute atomic E-state index is 11.6. The number of aromatic nitrogens is 3. The molecule has 5 nitrogen and oxygen atoms in total. The molecule has 0 aliphatic heterocycles. The molecule has 1 aromatic rings. The van der Waals surface area contributed by atoms with E-state index in [9.17, 15) is 4.79 Å². The van der Waals surface area contributed by atoms with Gasteiger partial charge in [-0.05, 0) is 17.8 Å². The molecule has 0 bridgehead atoms. The first-order chi connectivity index (χ1) is 7.52. The standard InChI is InChI=1S/C11H20N4O/c1-7(2)9(8(3)4)5-12-11(16)10-6-13-15-14-10/h6-9H,5H2,1-4H3,(H,12,16)(H,13,14,15). The van der Waals surface area contributed by atoms with E-state index in [1.807, 2.05) is 0 Å². The van der Waals surface area contributed by atoms with Crippen molar-refractivity contribution in [1.82, 2.24) is 20.7 Å². The summed E-state index contributed by atoms with van der Waals surface area (Å²) in [5.41, 5.74) is 0.339. The summed E-state index contributed by atoms with van der Waals surface area (Å²) in [5, 5.41) is 12.6. The third kappa shape index (κ3) is 3.32. The summed E-state index contributed by atoms with van der Waals surface area (Å²) in [6.45, 7) is 9.38. The Labute approximate surface area is 96.0 Å². The fourth-order valence-electron chi connectivity index (χ4n) is 1.85. The molecular formula is C11H20N4O. The Hall–Kier alpha value is -1.39. The molecule has 0 fully saturated rings. The number of carbonyl (C=O) groups is 1. The van der Waals surface area contributed by atoms with Crippen molar-refractivity contribution >= 4 is 5.91 Å². The van der Waals surface area contributed by atoms with Crippen molar-refractivity contribution < 1.29 is 4.79 Å². The molecule has 5 heteroatoms. The highest BCUT2D eigenvalue weighted by Crippen LogP contribution is 2.19. The summed E-state index contributed by atoms with van der Waals surface area (Å²) in [6.07, 6.45) is 1.43. The second kappa shape index (κ2) is 5.63. The predicted octanol–water partition coefficient (Wildman–Crippen LogP) is 1.46. The van der Waals surface area contributed by atoms with Crippen LogP contribution >= 0.6 is 0 Å². The van der Waals surface area contributed by atoms with Crippen LogP contribution in [-0.4, -0.2) is 27.9 Å². The number of aromatic amines is 1. The van der Waals surface area contributed by atoms with E-state index in [0.29, 0.717) is 30.0 Å². The van der Waals surface area contributed by atoms with E-state index in [4.69, 9.17) is 0 Å². The minimum Gasteiger partial charge on any atom is -0.350 e. The molecule has 0 saturated heterocycles. The molecule has 1 rings (SSSR count). The van der Waals surface area contributed by atoms with Gasteiger partial charge in [0.25, 0.3) is 5.91 Å². The van der Waals surface area contributed by atoms with Crippen LogP contribution in [0, 0.1) is 17.8 Å². The Morgan fingerprint density at radius 1 is 1.38 bits per heavy atom. The van der Waals surface area contributed by atoms with Gasteiger partial charge in [-0.1, -0.05) is 27.7 Å². The third-order valence-electron chi connectivity index (χ3n) is 2.86. The van der Waals surface area contributed by atoms with Crippen LogP contribution in [0.15, 0.2) is 6.20 Å². The molecule has 1 heterocycles. The number of hydrogen-bond donors (Lipinski definition) is 2. The Balaban J connectivity index is 2.47. The van der Waals surface area contributed by atoms with Crippen LogP contribution in [0.2, 0.25) is 0 Å². The Morgan fingerprint density at radius 3 is 2.44 bits per heavy atom. The Kier molecular flexibility index (Phi) is 4.46. The van der Waals surface area contributed by atoms with Gasteiger partial charge in [-0.15, -0.1) is 0 Å². The molecule has 1 aromatic heterocycles. The van der Waals surface area contributed by atoms with Crippen LogP contribution in [0.3, 0.4) is 0 Å². The third-order valence-corrected chi connectivity index (χ3v) is 2.86. The minimum atomic E-state index is -0.167. The molecule has 2 N–H and O–H groups in total. The molecule has 1 amide bonds. The molecule has 0 spiro atoms. The zero-order chi connectivity index (χ0) is 12.1. The summed E-state index contributed by atoms with van der Waals surface area (Å²) in [6, 6.07) is 0. The highest BCUT2D eigenvalue weighted by atomic mass is 16.1. The average Bonchev–Trinajstić information content (AvgIpc) is 2.69. The molecule has 0 aliphatic carbocycles. The van der Waals surface area contributed by atoms with Gasteiger partial charge in [0.05, 0.1) is 6.20 Å². The van der Waals surface area contributed by atoms with Crippen LogP contribution in [0.5, 0.6) is 0 Å². The van der Waals surface area contributed by atoms with Gasteiger partial charge in [0.1, 0.15) is 0 Å². The number of carbonyl (C=O) groups excluding carboxylic acids is 1. The SMILES string of the molecule is CC(C)C(CNC(=O)c1cn[nH]n1)C(C)C. The zero-order valence-corrected chi connectivity index (χ0v) is 10.3. The summed E-state index contributed by atoms with van der Waals surface area (Å²) < 4.78 is 0. The molecule has 0 unspecified atom stereocenters. The topological polar surface area (TPSA) is 70.7 Å². The summed E-state index contributed by atoms with van der Waals surface area (Å²) >= 11 is 0. The van der Waals surface area contributed by atoms with E-state index in [2.05, 4.69) is 48.4 Å². The lowest BCUT2D eigenvalue weighted by atomic mass is 9.85. The largest absolute Gasteiger partial charge is 0.350 e. The van der Waals surface area contributed by atoms with Crippen LogP contribution in [-0.2, 0) is 0 Å². The van der Waals surface area contributed by atoms with Gasteiger partial charge in [0.2, 0.25) is 0 Å². The lowest BCUT2D eigenvalue weighted by Crippen LogP contribution is -2.34. The van der Waals surface area contributed by atoms with Crippen molar-refractivity contribution in [2.45, 2.75) is 27.7 Å². The Bertz CT molecular complexity index is 311. The molecule has 0 radical (unpaired) electrons. The van der Waals surface area contributed by atoms with Crippen molar-refractivity contribution in [3.63, 3.8) is 0 Å². The van der Waals surface area contributed by atoms with Gasteiger partial charge in [-0.3, -0.25) is 4.79 Å². The Morgan fingerprint density at radius 2 is 2.00 bits per heavy atom. The first kappa shape index (κ1) is 12.7. The molecule has 0 saturated carbocycles. The van der Waals surface area contributed by atoms with Crippen molar-refractivity contribution in [2.24, 2.45) is 17.8 Å². The first-order valence-electron chi connectivity index (χ1n) is 5.66. The maximum atomic E-state index is 11.6. The lowest BCUT2D eigenvalue weighted by molar-refractivity contribution is 0.0932. The van der Waals surface area contributed by atoms with Crippen molar-refractivity contribution in [3.8, 4) is 0 Å². The quantitative estimate of drug-likeness (QED) is 0.795. The van der Waals surface area contributed by atoms with Gasteiger partial charge in [-0.2, -0.15) is 15.4 Å². The van der Waals surface area contributed by atoms with E-state index in [-0.39, 0.29) is 5.91 Å². The average molecular weight is 224 g/mol. The van der Waals surface area contributed by atoms with E-state index in [0.717, 1.165) is 0 Å². The zero-order valence-electron chi connectivity index (χ0n) is 10.3. The molecule has 16 heavy (non-hydrogen) atoms. The summed E-state index contributed by atoms with van der Waals surface area (Å²) in [4.78, 5) is 11.6. The summed E-state index contributed by atoms with van der Waals surface area (Å²) in [5.74, 6) is 1.42. The van der Waals surface area contributed by atoms with Crippen LogP contribution in [0.4, 0.5) is 0 Å². The molecule has 0 aromatic carbocycles. The highest BCUT2D eigenvalue weighted by molar-refractivity contribution is 5.91. The van der Waals surface area contributed by atoms with Crippen LogP contribution in [0.25, 0.3) is 0 Å². The molecule has 0 atom stereocenters. The van der Waals surface area contributed by atoms with E-state index < -0.39 is 0 Å². The van der Waals surface area contributed by atoms with Gasteiger partial charge in [-0.25, -0.2) is 0 Å². The minimum absolute atomic E-state index is 0.167. The van der Waals surface area contributed by atoms with Crippen molar-refractivity contribution in [3.05, 3.63) is 11.9 Å². The monoisotopic (exact) mass is 224 g/mol. The molecule has 90 valence electrons. The predicted molar refractivity (Wildman–Crippen MR) is 61.9 cm³/mol. The molecule has 0 aliphatic rings. The maximum Gasteiger partial charge on any atom is 0.273 e. The first-order valence-corrected chi connectivity index (χ1v) is 5.66. The molecular weight excluding hydrogens is 204 g/mol. The van der Waals surface area contributed by atoms with Gasteiger partial charge < -0.3 is 5.32 Å². The van der Waals surface area contributed by atoms with Gasteiger partial charge in [0, 0.05) is 6.54 Å². The summed E-state index contributed by atoms with van der Waals surface area (Å²) in [7, 11) is 0. The number of H-pyrrole nitrogens is 1. The van der Waals surface area contributed by atoms with Crippen molar-refractivity contribution in [1.29, 1.82) is 0 Å². The van der Waals surface area contributed by atoms with Crippen molar-refractivity contribution in [2.75, 3.05) is 6.54 Å². The van der Waals surface area contributed by atoms with E-state index >= 15 is 0 Å². The highest BCUT2D eigenvalue weighted by Gasteiger charge is 2.19. The smallest absolute Gasteiger partial charge is 0.273 e. The van der Waals surface area contributed by atoms with Gasteiger partial charge >= 0.3 is 0 Å². The number of rotatable bonds is 5. The van der Waals surface area contributed by atoms with E-state index in [1.54, 1.807) is 0 Å².